The molecule has 1 saturated heterocycles. The normalized spacial score (nSPS) is 15.1. The number of nitrogens with zero attached hydrogens (tertiary/aromatic N) is 4. The van der Waals surface area contributed by atoms with Crippen molar-refractivity contribution in [1.29, 1.82) is 0 Å². The van der Waals surface area contributed by atoms with Gasteiger partial charge in [0.2, 0.25) is 0 Å². The van der Waals surface area contributed by atoms with E-state index in [1.54, 1.807) is 31.6 Å². The summed E-state index contributed by atoms with van der Waals surface area (Å²) < 4.78 is 13.7. The number of benzene rings is 1. The number of rotatable bonds is 5. The molecule has 0 unspecified atom stereocenters. The molecule has 8 heteroatoms. The van der Waals surface area contributed by atoms with E-state index in [1.165, 1.54) is 0 Å². The third kappa shape index (κ3) is 5.58. The van der Waals surface area contributed by atoms with Crippen LogP contribution in [0.2, 0.25) is 1.41 Å². The highest BCUT2D eigenvalue weighted by Gasteiger charge is 2.13. The second-order valence-electron chi connectivity index (χ2n) is 8.18. The molecule has 8 nitrogen and oxygen atoms in total. The third-order valence-corrected chi connectivity index (χ3v) is 4.94. The van der Waals surface area contributed by atoms with E-state index >= 15 is 0 Å². The van der Waals surface area contributed by atoms with Crippen LogP contribution in [-0.4, -0.2) is 51.8 Å². The lowest BCUT2D eigenvalue weighted by atomic mass is 10.1. The Kier molecular flexibility index (Phi) is 5.92. The molecule has 1 aliphatic rings. The van der Waals surface area contributed by atoms with Gasteiger partial charge in [-0.15, -0.1) is 0 Å². The van der Waals surface area contributed by atoms with Gasteiger partial charge >= 0.3 is 0 Å². The molecule has 0 atom stereocenters. The maximum absolute atomic E-state index is 9.80. The zero-order chi connectivity index (χ0) is 23.4. The fourth-order valence-corrected chi connectivity index (χ4v) is 3.27. The van der Waals surface area contributed by atoms with Crippen LogP contribution in [0.3, 0.4) is 0 Å². The predicted octanol–water partition coefficient (Wildman–Crippen LogP) is 1.77. The topological polar surface area (TPSA) is 101 Å². The van der Waals surface area contributed by atoms with Crippen molar-refractivity contribution in [1.82, 2.24) is 20.2 Å². The van der Waals surface area contributed by atoms with Gasteiger partial charge in [0.05, 0.1) is 12.4 Å². The van der Waals surface area contributed by atoms with Gasteiger partial charge in [0, 0.05) is 49.1 Å². The Morgan fingerprint density at radius 1 is 1.25 bits per heavy atom. The van der Waals surface area contributed by atoms with E-state index in [-0.39, 0.29) is 0 Å². The van der Waals surface area contributed by atoms with Crippen LogP contribution >= 0.6 is 0 Å². The molecule has 1 fully saturated rings. The highest BCUT2D eigenvalue weighted by molar-refractivity contribution is 5.65. The second-order valence-corrected chi connectivity index (χ2v) is 8.18. The number of pyridine rings is 1. The van der Waals surface area contributed by atoms with Crippen molar-refractivity contribution < 1.29 is 11.3 Å². The SMILES string of the molecule is [2H]N1CCN(n2cc(-c3cnc(N)c(OCc4cccc(C#CC(C)(C)O)c4)c3)cn2)CC1. The van der Waals surface area contributed by atoms with Gasteiger partial charge in [-0.1, -0.05) is 24.0 Å². The Labute approximate surface area is 189 Å². The fourth-order valence-electron chi connectivity index (χ4n) is 3.27. The number of aromatic nitrogens is 3. The number of ether oxygens (including phenoxy) is 1. The Hall–Kier alpha value is -3.54. The summed E-state index contributed by atoms with van der Waals surface area (Å²) in [7, 11) is 0. The first-order valence-electron chi connectivity index (χ1n) is 11.0. The monoisotopic (exact) mass is 433 g/mol. The second kappa shape index (κ2) is 9.30. The molecular formula is C24H28N6O2. The van der Waals surface area contributed by atoms with Crippen molar-refractivity contribution in [2.75, 3.05) is 36.9 Å². The number of nitrogen functional groups attached to an aromatic ring is 1. The lowest BCUT2D eigenvalue weighted by molar-refractivity contribution is 0.143. The van der Waals surface area contributed by atoms with Gasteiger partial charge in [-0.25, -0.2) is 4.98 Å². The van der Waals surface area contributed by atoms with Crippen molar-refractivity contribution in [2.24, 2.45) is 0 Å². The van der Waals surface area contributed by atoms with E-state index in [0.717, 1.165) is 35.3 Å². The van der Waals surface area contributed by atoms with Gasteiger partial charge in [0.1, 0.15) is 13.6 Å². The summed E-state index contributed by atoms with van der Waals surface area (Å²) >= 11 is 0. The van der Waals surface area contributed by atoms with Crippen molar-refractivity contribution in [3.8, 4) is 28.7 Å². The summed E-state index contributed by atoms with van der Waals surface area (Å²) in [4.78, 5) is 6.11. The smallest absolute Gasteiger partial charge is 0.166 e. The quantitative estimate of drug-likeness (QED) is 0.527. The molecule has 4 N–H and O–H groups in total. The van der Waals surface area contributed by atoms with Crippen LogP contribution < -0.4 is 20.8 Å². The lowest BCUT2D eigenvalue weighted by Gasteiger charge is -2.28. The van der Waals surface area contributed by atoms with Gasteiger partial charge < -0.3 is 20.9 Å². The summed E-state index contributed by atoms with van der Waals surface area (Å²) in [5.74, 6) is 6.60. The number of anilines is 1. The fraction of sp³-hybridized carbons (Fsp3) is 0.333. The standard InChI is InChI=1S/C24H28N6O2/c1-24(2,31)7-6-18-4-3-5-19(12-18)17-32-22-13-20(14-27-23(22)25)21-15-28-30(16-21)29-10-8-26-9-11-29/h3-5,12-16,26,31H,8-11,17H2,1-2H3,(H2,25,27)/i/hD. The Bertz CT molecular complexity index is 1170. The summed E-state index contributed by atoms with van der Waals surface area (Å²) in [6.07, 6.45) is 5.44. The van der Waals surface area contributed by atoms with E-state index in [2.05, 4.69) is 26.9 Å². The van der Waals surface area contributed by atoms with Crippen LogP contribution in [0.4, 0.5) is 5.82 Å². The molecule has 2 aromatic heterocycles. The molecule has 3 aromatic rings. The Morgan fingerprint density at radius 3 is 2.84 bits per heavy atom. The predicted molar refractivity (Wildman–Crippen MR) is 125 cm³/mol. The largest absolute Gasteiger partial charge is 0.485 e. The molecule has 3 heterocycles. The maximum atomic E-state index is 9.80. The average Bonchev–Trinajstić information content (AvgIpc) is 3.28. The van der Waals surface area contributed by atoms with E-state index in [0.29, 0.717) is 31.3 Å². The minimum absolute atomic E-state index is 0.310. The summed E-state index contributed by atoms with van der Waals surface area (Å²) in [6.45, 7) is 6.47. The maximum Gasteiger partial charge on any atom is 0.166 e. The van der Waals surface area contributed by atoms with Crippen LogP contribution in [0, 0.1) is 11.8 Å². The zero-order valence-electron chi connectivity index (χ0n) is 19.3. The molecule has 32 heavy (non-hydrogen) atoms. The van der Waals surface area contributed by atoms with Crippen LogP contribution in [-0.2, 0) is 6.61 Å². The van der Waals surface area contributed by atoms with Gasteiger partial charge in [-0.2, -0.15) is 9.89 Å². The minimum Gasteiger partial charge on any atom is -0.485 e. The molecule has 1 aromatic carbocycles. The van der Waals surface area contributed by atoms with Crippen molar-refractivity contribution in [3.63, 3.8) is 0 Å². The lowest BCUT2D eigenvalue weighted by Crippen LogP contribution is -2.49. The van der Waals surface area contributed by atoms with Crippen LogP contribution in [0.1, 0.15) is 25.0 Å². The molecule has 4 rings (SSSR count). The third-order valence-electron chi connectivity index (χ3n) is 4.94. The van der Waals surface area contributed by atoms with Gasteiger partial charge in [0.15, 0.2) is 11.6 Å². The van der Waals surface area contributed by atoms with Crippen molar-refractivity contribution in [3.05, 3.63) is 60.0 Å². The number of hydrogen-bond acceptors (Lipinski definition) is 7. The first kappa shape index (κ1) is 20.4. The first-order chi connectivity index (χ1) is 15.8. The van der Waals surface area contributed by atoms with Crippen LogP contribution in [0.25, 0.3) is 11.1 Å². The summed E-state index contributed by atoms with van der Waals surface area (Å²) in [5, 5.41) is 17.9. The minimum atomic E-state index is -1.04. The molecule has 166 valence electrons. The molecule has 0 aliphatic carbocycles. The van der Waals surface area contributed by atoms with E-state index in [4.69, 9.17) is 11.9 Å². The van der Waals surface area contributed by atoms with E-state index in [9.17, 15) is 5.11 Å². The zero-order valence-corrected chi connectivity index (χ0v) is 18.3. The van der Waals surface area contributed by atoms with Crippen LogP contribution in [0.15, 0.2) is 48.9 Å². The Morgan fingerprint density at radius 2 is 2.06 bits per heavy atom. The highest BCUT2D eigenvalue weighted by Crippen LogP contribution is 2.27. The molecule has 1 aliphatic heterocycles. The molecule has 0 amide bonds. The molecule has 0 saturated carbocycles. The number of nitrogens with two attached hydrogens (primary N) is 1. The number of hydrogen-bond donors (Lipinski definition) is 3. The molecule has 0 radical (unpaired) electrons. The number of aliphatic hydroxyl groups is 1. The molecular weight excluding hydrogens is 404 g/mol. The summed E-state index contributed by atoms with van der Waals surface area (Å²) in [5.41, 5.74) is 8.51. The van der Waals surface area contributed by atoms with Crippen LogP contribution in [0.5, 0.6) is 5.75 Å². The first-order valence-corrected chi connectivity index (χ1v) is 10.5. The number of nitrogens with one attached hydrogen (secondary N) is 1. The molecule has 0 spiro atoms. The van der Waals surface area contributed by atoms with Crippen molar-refractivity contribution >= 4 is 5.82 Å². The Balaban J connectivity index is 1.46. The van der Waals surface area contributed by atoms with E-state index in [1.807, 2.05) is 41.3 Å². The highest BCUT2D eigenvalue weighted by atomic mass is 16.5. The molecule has 0 bridgehead atoms. The van der Waals surface area contributed by atoms with E-state index < -0.39 is 5.60 Å². The summed E-state index contributed by atoms with van der Waals surface area (Å²) in [6, 6.07) is 9.53. The van der Waals surface area contributed by atoms with Gasteiger partial charge in [0.25, 0.3) is 0 Å². The average molecular weight is 434 g/mol. The number of piperazine rings is 1. The van der Waals surface area contributed by atoms with Gasteiger partial charge in [-0.3, -0.25) is 5.01 Å². The van der Waals surface area contributed by atoms with Crippen molar-refractivity contribution in [2.45, 2.75) is 26.1 Å². The van der Waals surface area contributed by atoms with Gasteiger partial charge in [-0.05, 0) is 37.6 Å².